The van der Waals surface area contributed by atoms with Gasteiger partial charge in [0.1, 0.15) is 5.58 Å². The summed E-state index contributed by atoms with van der Waals surface area (Å²) in [4.78, 5) is 32.3. The van der Waals surface area contributed by atoms with Crippen molar-refractivity contribution in [2.75, 3.05) is 13.7 Å². The van der Waals surface area contributed by atoms with Crippen LogP contribution in [0.1, 0.15) is 44.6 Å². The van der Waals surface area contributed by atoms with Gasteiger partial charge in [-0.05, 0) is 47.7 Å². The average molecular weight is 470 g/mol. The summed E-state index contributed by atoms with van der Waals surface area (Å²) < 4.78 is 11.2. The number of carbonyl (C=O) groups excluding carboxylic acids is 2. The van der Waals surface area contributed by atoms with Crippen LogP contribution in [0.4, 0.5) is 0 Å². The Morgan fingerprint density at radius 1 is 1.14 bits per heavy atom. The number of rotatable bonds is 6. The number of aryl methyl sites for hydroxylation is 1. The van der Waals surface area contributed by atoms with Crippen LogP contribution in [0.5, 0.6) is 0 Å². The van der Waals surface area contributed by atoms with Crippen molar-refractivity contribution >= 4 is 22.8 Å². The van der Waals surface area contributed by atoms with Crippen LogP contribution < -0.4 is 5.32 Å². The first kappa shape index (κ1) is 22.8. The number of furan rings is 1. The van der Waals surface area contributed by atoms with Gasteiger partial charge >= 0.3 is 0 Å². The molecule has 1 N–H and O–H groups in total. The number of fused-ring (bicyclic) bond motifs is 2. The number of methoxy groups -OCH3 is 1. The van der Waals surface area contributed by atoms with Gasteiger partial charge in [-0.25, -0.2) is 0 Å². The second kappa shape index (κ2) is 9.72. The number of benzene rings is 2. The molecule has 4 aromatic rings. The van der Waals surface area contributed by atoms with E-state index in [1.165, 1.54) is 7.11 Å². The number of nitrogens with zero attached hydrogens (tertiary/aromatic N) is 2. The molecule has 7 nitrogen and oxygen atoms in total. The molecular weight excluding hydrogens is 442 g/mol. The highest BCUT2D eigenvalue weighted by molar-refractivity contribution is 5.96. The predicted octanol–water partition coefficient (Wildman–Crippen LogP) is 4.34. The fourth-order valence-electron chi connectivity index (χ4n) is 4.66. The van der Waals surface area contributed by atoms with Crippen molar-refractivity contribution in [1.29, 1.82) is 0 Å². The van der Waals surface area contributed by atoms with Crippen molar-refractivity contribution in [3.8, 4) is 0 Å². The molecule has 0 unspecified atom stereocenters. The Bertz CT molecular complexity index is 1350. The molecule has 2 aromatic heterocycles. The molecule has 178 valence electrons. The highest BCUT2D eigenvalue weighted by Gasteiger charge is 2.27. The summed E-state index contributed by atoms with van der Waals surface area (Å²) in [6.45, 7) is 3.31. The Balaban J connectivity index is 1.31. The van der Waals surface area contributed by atoms with E-state index < -0.39 is 6.10 Å². The van der Waals surface area contributed by atoms with Crippen molar-refractivity contribution in [2.45, 2.75) is 32.5 Å². The summed E-state index contributed by atoms with van der Waals surface area (Å²) in [5, 5.41) is 3.93. The summed E-state index contributed by atoms with van der Waals surface area (Å²) in [6.07, 6.45) is 1.83. The zero-order chi connectivity index (χ0) is 24.4. The van der Waals surface area contributed by atoms with Gasteiger partial charge in [0.2, 0.25) is 0 Å². The third-order valence-corrected chi connectivity index (χ3v) is 6.53. The summed E-state index contributed by atoms with van der Waals surface area (Å²) in [6, 6.07) is 18.8. The molecule has 0 bridgehead atoms. The van der Waals surface area contributed by atoms with Crippen LogP contribution in [0.25, 0.3) is 11.0 Å². The molecule has 0 aliphatic carbocycles. The number of para-hydroxylation sites is 1. The topological polar surface area (TPSA) is 84.7 Å². The summed E-state index contributed by atoms with van der Waals surface area (Å²) in [5.74, 6) is 0.00926. The second-order valence-corrected chi connectivity index (χ2v) is 8.70. The van der Waals surface area contributed by atoms with Crippen molar-refractivity contribution in [3.63, 3.8) is 0 Å². The van der Waals surface area contributed by atoms with E-state index in [0.29, 0.717) is 37.4 Å². The number of hydrogen-bond acceptors (Lipinski definition) is 5. The first-order chi connectivity index (χ1) is 17.0. The maximum Gasteiger partial charge on any atom is 0.289 e. The SMILES string of the molecule is CO[C@H](C(=O)NCc1c(C)ncc2c1CCN(C(=O)c1cc3ccccc3o1)C2)c1ccccc1. The number of aromatic nitrogens is 1. The Hall–Kier alpha value is -3.97. The van der Waals surface area contributed by atoms with Crippen molar-refractivity contribution in [2.24, 2.45) is 0 Å². The lowest BCUT2D eigenvalue weighted by Crippen LogP contribution is -2.37. The fraction of sp³-hybridized carbons (Fsp3) is 0.250. The van der Waals surface area contributed by atoms with E-state index in [-0.39, 0.29) is 11.8 Å². The van der Waals surface area contributed by atoms with Crippen molar-refractivity contribution in [3.05, 3.63) is 101 Å². The molecule has 35 heavy (non-hydrogen) atoms. The zero-order valence-electron chi connectivity index (χ0n) is 19.8. The van der Waals surface area contributed by atoms with E-state index in [4.69, 9.17) is 9.15 Å². The quantitative estimate of drug-likeness (QED) is 0.454. The van der Waals surface area contributed by atoms with E-state index >= 15 is 0 Å². The number of amides is 2. The molecule has 0 spiro atoms. The van der Waals surface area contributed by atoms with Crippen molar-refractivity contribution in [1.82, 2.24) is 15.2 Å². The number of carbonyl (C=O) groups is 2. The van der Waals surface area contributed by atoms with Gasteiger partial charge in [-0.2, -0.15) is 0 Å². The molecule has 3 heterocycles. The molecule has 2 aromatic carbocycles. The monoisotopic (exact) mass is 469 g/mol. The molecular formula is C28H27N3O4. The van der Waals surface area contributed by atoms with Gasteiger partial charge in [0.25, 0.3) is 11.8 Å². The van der Waals surface area contributed by atoms with E-state index in [1.807, 2.05) is 67.7 Å². The number of hydrogen-bond donors (Lipinski definition) is 1. The zero-order valence-corrected chi connectivity index (χ0v) is 19.8. The predicted molar refractivity (Wildman–Crippen MR) is 132 cm³/mol. The smallest absolute Gasteiger partial charge is 0.289 e. The van der Waals surface area contributed by atoms with Crippen molar-refractivity contribution < 1.29 is 18.7 Å². The highest BCUT2D eigenvalue weighted by atomic mass is 16.5. The normalized spacial score (nSPS) is 13.9. The number of nitrogens with one attached hydrogen (secondary N) is 1. The van der Waals surface area contributed by atoms with Gasteiger partial charge in [-0.1, -0.05) is 48.5 Å². The standard InChI is InChI=1S/C28H27N3O4/c1-18-23(16-30-27(32)26(34-2)19-8-4-3-5-9-19)22-12-13-31(17-21(22)15-29-18)28(33)25-14-20-10-6-7-11-24(20)35-25/h3-11,14-15,26H,12-13,16-17H2,1-2H3,(H,30,32)/t26-/m0/s1. The first-order valence-corrected chi connectivity index (χ1v) is 11.6. The highest BCUT2D eigenvalue weighted by Crippen LogP contribution is 2.27. The summed E-state index contributed by atoms with van der Waals surface area (Å²) in [7, 11) is 1.53. The molecule has 0 saturated heterocycles. The minimum absolute atomic E-state index is 0.131. The lowest BCUT2D eigenvalue weighted by molar-refractivity contribution is -0.131. The van der Waals surface area contributed by atoms with Gasteiger partial charge in [0.05, 0.1) is 0 Å². The van der Waals surface area contributed by atoms with Gasteiger partial charge < -0.3 is 19.4 Å². The molecule has 1 atom stereocenters. The Labute approximate surface area is 203 Å². The average Bonchev–Trinajstić information content (AvgIpc) is 3.33. The van der Waals surface area contributed by atoms with Gasteiger partial charge in [0, 0.05) is 44.0 Å². The molecule has 0 saturated carbocycles. The fourth-order valence-corrected chi connectivity index (χ4v) is 4.66. The van der Waals surface area contributed by atoms with E-state index in [1.54, 1.807) is 11.0 Å². The molecule has 0 radical (unpaired) electrons. The Kier molecular flexibility index (Phi) is 6.33. The lowest BCUT2D eigenvalue weighted by atomic mass is 9.94. The minimum Gasteiger partial charge on any atom is -0.451 e. The molecule has 1 aliphatic rings. The largest absolute Gasteiger partial charge is 0.451 e. The van der Waals surface area contributed by atoms with Crippen LogP contribution >= 0.6 is 0 Å². The second-order valence-electron chi connectivity index (χ2n) is 8.70. The maximum atomic E-state index is 13.1. The van der Waals surface area contributed by atoms with Crippen LogP contribution in [0.2, 0.25) is 0 Å². The Morgan fingerprint density at radius 3 is 2.69 bits per heavy atom. The van der Waals surface area contributed by atoms with Crippen LogP contribution in [-0.2, 0) is 29.0 Å². The first-order valence-electron chi connectivity index (χ1n) is 11.6. The lowest BCUT2D eigenvalue weighted by Gasteiger charge is -2.30. The summed E-state index contributed by atoms with van der Waals surface area (Å²) >= 11 is 0. The molecule has 5 rings (SSSR count). The van der Waals surface area contributed by atoms with E-state index in [9.17, 15) is 9.59 Å². The van der Waals surface area contributed by atoms with Gasteiger partial charge in [-0.15, -0.1) is 0 Å². The molecule has 1 aliphatic heterocycles. The van der Waals surface area contributed by atoms with Crippen LogP contribution in [0.15, 0.2) is 71.3 Å². The molecule has 7 heteroatoms. The third-order valence-electron chi connectivity index (χ3n) is 6.53. The maximum absolute atomic E-state index is 13.1. The van der Waals surface area contributed by atoms with E-state index in [2.05, 4.69) is 10.3 Å². The minimum atomic E-state index is -0.680. The Morgan fingerprint density at radius 2 is 1.91 bits per heavy atom. The van der Waals surface area contributed by atoms with Gasteiger partial charge in [-0.3, -0.25) is 14.6 Å². The molecule has 0 fully saturated rings. The van der Waals surface area contributed by atoms with Crippen LogP contribution in [0, 0.1) is 6.92 Å². The summed E-state index contributed by atoms with van der Waals surface area (Å²) in [5.41, 5.74) is 5.50. The van der Waals surface area contributed by atoms with Gasteiger partial charge in [0.15, 0.2) is 11.9 Å². The molecule has 2 amide bonds. The van der Waals surface area contributed by atoms with Crippen LogP contribution in [-0.4, -0.2) is 35.4 Å². The van der Waals surface area contributed by atoms with E-state index in [0.717, 1.165) is 33.3 Å². The van der Waals surface area contributed by atoms with Crippen LogP contribution in [0.3, 0.4) is 0 Å². The number of pyridine rings is 1. The third kappa shape index (κ3) is 4.55. The number of ether oxygens (including phenoxy) is 1.